The van der Waals surface area contributed by atoms with Crippen molar-refractivity contribution in [3.05, 3.63) is 58.6 Å². The number of ether oxygens (including phenoxy) is 1. The number of nitrogens with zero attached hydrogens (tertiary/aromatic N) is 1. The molecule has 0 aliphatic heterocycles. The average molecular weight is 408 g/mol. The van der Waals surface area contributed by atoms with Crippen LogP contribution >= 0.6 is 11.6 Å². The minimum atomic E-state index is -3.73. The second-order valence-electron chi connectivity index (χ2n) is 6.53. The topological polar surface area (TPSA) is 74.4 Å². The van der Waals surface area contributed by atoms with Gasteiger partial charge in [-0.1, -0.05) is 23.7 Å². The molecule has 2 aromatic carbocycles. The average Bonchev–Trinajstić information content (AvgIpc) is 2.99. The second kappa shape index (κ2) is 7.90. The largest absolute Gasteiger partial charge is 0.497 e. The zero-order valence-electron chi connectivity index (χ0n) is 15.4. The van der Waals surface area contributed by atoms with Crippen LogP contribution in [0.4, 0.5) is 0 Å². The summed E-state index contributed by atoms with van der Waals surface area (Å²) in [5.41, 5.74) is 2.28. The van der Waals surface area contributed by atoms with Crippen molar-refractivity contribution in [2.75, 3.05) is 21.2 Å². The van der Waals surface area contributed by atoms with Crippen LogP contribution in [0.25, 0.3) is 10.9 Å². The Labute approximate surface area is 164 Å². The molecule has 0 atom stereocenters. The first-order chi connectivity index (χ1) is 12.8. The normalized spacial score (nSPS) is 12.0. The molecule has 8 heteroatoms. The van der Waals surface area contributed by atoms with E-state index in [1.807, 2.05) is 31.1 Å². The van der Waals surface area contributed by atoms with E-state index in [1.54, 1.807) is 37.4 Å². The number of sulfonamides is 1. The lowest BCUT2D eigenvalue weighted by atomic mass is 10.1. The van der Waals surface area contributed by atoms with Gasteiger partial charge in [0.15, 0.2) is 5.03 Å². The molecule has 0 unspecified atom stereocenters. The molecule has 0 aliphatic rings. The summed E-state index contributed by atoms with van der Waals surface area (Å²) in [6.07, 6.45) is 0. The highest BCUT2D eigenvalue weighted by Crippen LogP contribution is 2.30. The van der Waals surface area contributed by atoms with Gasteiger partial charge in [0.1, 0.15) is 5.75 Å². The number of aromatic amines is 1. The number of hydrogen-bond acceptors (Lipinski definition) is 4. The second-order valence-corrected chi connectivity index (χ2v) is 8.67. The molecule has 0 saturated carbocycles. The fraction of sp³-hybridized carbons (Fsp3) is 0.263. The van der Waals surface area contributed by atoms with Crippen LogP contribution in [-0.4, -0.2) is 39.5 Å². The van der Waals surface area contributed by atoms with Crippen molar-refractivity contribution in [2.24, 2.45) is 0 Å². The summed E-state index contributed by atoms with van der Waals surface area (Å²) in [4.78, 5) is 4.98. The molecule has 3 aromatic rings. The van der Waals surface area contributed by atoms with Crippen LogP contribution in [-0.2, 0) is 23.1 Å². The van der Waals surface area contributed by atoms with E-state index in [9.17, 15) is 8.42 Å². The highest BCUT2D eigenvalue weighted by Gasteiger charge is 2.24. The van der Waals surface area contributed by atoms with Gasteiger partial charge in [-0.15, -0.1) is 0 Å². The molecule has 0 radical (unpaired) electrons. The monoisotopic (exact) mass is 407 g/mol. The Morgan fingerprint density at radius 3 is 2.48 bits per heavy atom. The molecule has 0 amide bonds. The lowest BCUT2D eigenvalue weighted by Gasteiger charge is -2.12. The molecule has 0 aliphatic carbocycles. The van der Waals surface area contributed by atoms with E-state index in [2.05, 4.69) is 9.71 Å². The van der Waals surface area contributed by atoms with Gasteiger partial charge in [-0.2, -0.15) is 0 Å². The SMILES string of the molecule is COc1ccc2[nH]c(S(=O)(=O)NCc3ccc(Cl)cc3)c(CN(C)C)c2c1. The predicted octanol–water partition coefficient (Wildman–Crippen LogP) is 3.37. The summed E-state index contributed by atoms with van der Waals surface area (Å²) in [6.45, 7) is 0.657. The van der Waals surface area contributed by atoms with E-state index in [-0.39, 0.29) is 11.6 Å². The first-order valence-corrected chi connectivity index (χ1v) is 10.2. The molecular weight excluding hydrogens is 386 g/mol. The first kappa shape index (κ1) is 19.7. The Kier molecular flexibility index (Phi) is 5.76. The van der Waals surface area contributed by atoms with Crippen molar-refractivity contribution in [2.45, 2.75) is 18.1 Å². The standard InChI is InChI=1S/C19H22ClN3O3S/c1-23(2)12-17-16-10-15(26-3)8-9-18(16)22-19(17)27(24,25)21-11-13-4-6-14(20)7-5-13/h4-10,21-22H,11-12H2,1-3H3. The summed E-state index contributed by atoms with van der Waals surface area (Å²) in [5.74, 6) is 0.680. The maximum absolute atomic E-state index is 13.0. The fourth-order valence-electron chi connectivity index (χ4n) is 2.88. The number of benzene rings is 2. The molecule has 2 N–H and O–H groups in total. The Hall–Kier alpha value is -2.06. The zero-order chi connectivity index (χ0) is 19.6. The molecule has 1 aromatic heterocycles. The molecule has 3 rings (SSSR count). The number of halogens is 1. The zero-order valence-corrected chi connectivity index (χ0v) is 17.0. The number of nitrogens with one attached hydrogen (secondary N) is 2. The summed E-state index contributed by atoms with van der Waals surface area (Å²) >= 11 is 5.88. The van der Waals surface area contributed by atoms with E-state index >= 15 is 0 Å². The minimum absolute atomic E-state index is 0.174. The molecule has 0 saturated heterocycles. The molecular formula is C19H22ClN3O3S. The van der Waals surface area contributed by atoms with Gasteiger partial charge >= 0.3 is 0 Å². The van der Waals surface area contributed by atoms with Gasteiger partial charge < -0.3 is 14.6 Å². The van der Waals surface area contributed by atoms with E-state index in [4.69, 9.17) is 16.3 Å². The van der Waals surface area contributed by atoms with Crippen LogP contribution in [0.1, 0.15) is 11.1 Å². The Morgan fingerprint density at radius 2 is 1.85 bits per heavy atom. The molecule has 1 heterocycles. The predicted molar refractivity (Wildman–Crippen MR) is 108 cm³/mol. The van der Waals surface area contributed by atoms with Gasteiger partial charge in [0.25, 0.3) is 10.0 Å². The van der Waals surface area contributed by atoms with Gasteiger partial charge in [-0.25, -0.2) is 13.1 Å². The van der Waals surface area contributed by atoms with E-state index in [1.165, 1.54) is 0 Å². The van der Waals surface area contributed by atoms with Gasteiger partial charge in [-0.05, 0) is 50.0 Å². The Balaban J connectivity index is 1.98. The third kappa shape index (κ3) is 4.44. The smallest absolute Gasteiger partial charge is 0.256 e. The highest BCUT2D eigenvalue weighted by atomic mass is 35.5. The van der Waals surface area contributed by atoms with Crippen LogP contribution < -0.4 is 9.46 Å². The van der Waals surface area contributed by atoms with E-state index in [0.717, 1.165) is 16.5 Å². The number of aromatic nitrogens is 1. The van der Waals surface area contributed by atoms with Gasteiger partial charge in [0.2, 0.25) is 0 Å². The molecule has 0 bridgehead atoms. The number of rotatable bonds is 7. The highest BCUT2D eigenvalue weighted by molar-refractivity contribution is 7.89. The quantitative estimate of drug-likeness (QED) is 0.629. The summed E-state index contributed by atoms with van der Waals surface area (Å²) in [6, 6.07) is 12.5. The minimum Gasteiger partial charge on any atom is -0.497 e. The van der Waals surface area contributed by atoms with E-state index in [0.29, 0.717) is 22.9 Å². The Bertz CT molecular complexity index is 1040. The van der Waals surface area contributed by atoms with Gasteiger partial charge in [0, 0.05) is 34.6 Å². The van der Waals surface area contributed by atoms with Crippen LogP contribution in [0, 0.1) is 0 Å². The summed E-state index contributed by atoms with van der Waals surface area (Å²) < 4.78 is 33.9. The fourth-order valence-corrected chi connectivity index (χ4v) is 4.25. The van der Waals surface area contributed by atoms with Crippen LogP contribution in [0.2, 0.25) is 5.02 Å². The third-order valence-corrected chi connectivity index (χ3v) is 5.86. The van der Waals surface area contributed by atoms with Crippen molar-refractivity contribution in [1.82, 2.24) is 14.6 Å². The van der Waals surface area contributed by atoms with Crippen molar-refractivity contribution in [1.29, 1.82) is 0 Å². The van der Waals surface area contributed by atoms with Gasteiger partial charge in [0.05, 0.1) is 7.11 Å². The lowest BCUT2D eigenvalue weighted by Crippen LogP contribution is -2.25. The molecule has 144 valence electrons. The van der Waals surface area contributed by atoms with Crippen molar-refractivity contribution in [3.8, 4) is 5.75 Å². The molecule has 6 nitrogen and oxygen atoms in total. The summed E-state index contributed by atoms with van der Waals surface area (Å²) in [7, 11) is 1.65. The van der Waals surface area contributed by atoms with Gasteiger partial charge in [-0.3, -0.25) is 0 Å². The molecule has 0 spiro atoms. The number of methoxy groups -OCH3 is 1. The Morgan fingerprint density at radius 1 is 1.15 bits per heavy atom. The number of hydrogen-bond donors (Lipinski definition) is 2. The molecule has 0 fully saturated rings. The number of fused-ring (bicyclic) bond motifs is 1. The molecule has 27 heavy (non-hydrogen) atoms. The lowest BCUT2D eigenvalue weighted by molar-refractivity contribution is 0.399. The number of H-pyrrole nitrogens is 1. The van der Waals surface area contributed by atoms with E-state index < -0.39 is 10.0 Å². The van der Waals surface area contributed by atoms with Crippen molar-refractivity contribution >= 4 is 32.5 Å². The third-order valence-electron chi connectivity index (χ3n) is 4.20. The first-order valence-electron chi connectivity index (χ1n) is 8.37. The van der Waals surface area contributed by atoms with Crippen molar-refractivity contribution in [3.63, 3.8) is 0 Å². The van der Waals surface area contributed by atoms with Crippen molar-refractivity contribution < 1.29 is 13.2 Å². The summed E-state index contributed by atoms with van der Waals surface area (Å²) in [5, 5.41) is 1.61. The van der Waals surface area contributed by atoms with Crippen LogP contribution in [0.5, 0.6) is 5.75 Å². The maximum Gasteiger partial charge on any atom is 0.256 e. The maximum atomic E-state index is 13.0. The van der Waals surface area contributed by atoms with Crippen LogP contribution in [0.3, 0.4) is 0 Å². The van der Waals surface area contributed by atoms with Crippen LogP contribution in [0.15, 0.2) is 47.5 Å².